The summed E-state index contributed by atoms with van der Waals surface area (Å²) in [6.45, 7) is -0.807. The van der Waals surface area contributed by atoms with Gasteiger partial charge in [-0.3, -0.25) is 9.69 Å². The number of cyclic esters (lactones) is 1. The SMILES string of the molecule is CSc1ccc(C2NC(=O)N(CC(=O)Nc3ccccc3C(F)(F)F)C3=C2C(=O)OC3)cc1. The van der Waals surface area contributed by atoms with E-state index in [0.717, 1.165) is 21.9 Å². The molecule has 2 aromatic carbocycles. The zero-order valence-electron chi connectivity index (χ0n) is 17.2. The van der Waals surface area contributed by atoms with Crippen LogP contribution in [0.3, 0.4) is 0 Å². The predicted octanol–water partition coefficient (Wildman–Crippen LogP) is 3.94. The van der Waals surface area contributed by atoms with Crippen LogP contribution in [0, 0.1) is 0 Å². The third-order valence-corrected chi connectivity index (χ3v) is 6.00. The molecule has 1 unspecified atom stereocenters. The number of para-hydroxylation sites is 1. The van der Waals surface area contributed by atoms with Gasteiger partial charge in [0.05, 0.1) is 28.6 Å². The Hall–Kier alpha value is -3.47. The van der Waals surface area contributed by atoms with Crippen molar-refractivity contribution < 1.29 is 32.3 Å². The lowest BCUT2D eigenvalue weighted by Crippen LogP contribution is -2.49. The normalized spacial score (nSPS) is 18.1. The summed E-state index contributed by atoms with van der Waals surface area (Å²) in [6.07, 6.45) is -2.74. The van der Waals surface area contributed by atoms with E-state index in [1.54, 1.807) is 23.9 Å². The van der Waals surface area contributed by atoms with Crippen LogP contribution in [0.25, 0.3) is 0 Å². The van der Waals surface area contributed by atoms with E-state index < -0.39 is 47.9 Å². The number of halogens is 3. The van der Waals surface area contributed by atoms with E-state index in [9.17, 15) is 27.6 Å². The second-order valence-corrected chi connectivity index (χ2v) is 8.15. The minimum Gasteiger partial charge on any atom is -0.456 e. The molecule has 0 bridgehead atoms. The second kappa shape index (κ2) is 8.81. The first kappa shape index (κ1) is 22.7. The summed E-state index contributed by atoms with van der Waals surface area (Å²) in [7, 11) is 0. The predicted molar refractivity (Wildman–Crippen MR) is 114 cm³/mol. The van der Waals surface area contributed by atoms with Gasteiger partial charge in [0.1, 0.15) is 13.2 Å². The number of anilines is 1. The summed E-state index contributed by atoms with van der Waals surface area (Å²) in [5.41, 5.74) is -0.366. The lowest BCUT2D eigenvalue weighted by molar-refractivity contribution is -0.137. The average molecular weight is 477 g/mol. The van der Waals surface area contributed by atoms with Crippen molar-refractivity contribution in [2.75, 3.05) is 24.7 Å². The van der Waals surface area contributed by atoms with E-state index in [1.165, 1.54) is 12.1 Å². The molecule has 0 fully saturated rings. The van der Waals surface area contributed by atoms with Crippen LogP contribution >= 0.6 is 11.8 Å². The summed E-state index contributed by atoms with van der Waals surface area (Å²) in [5.74, 6) is -1.48. The smallest absolute Gasteiger partial charge is 0.418 e. The highest BCUT2D eigenvalue weighted by Crippen LogP contribution is 2.36. The molecule has 2 N–H and O–H groups in total. The van der Waals surface area contributed by atoms with Gasteiger partial charge in [-0.1, -0.05) is 24.3 Å². The molecule has 0 aromatic heterocycles. The highest BCUT2D eigenvalue weighted by atomic mass is 32.2. The Morgan fingerprint density at radius 2 is 1.88 bits per heavy atom. The summed E-state index contributed by atoms with van der Waals surface area (Å²) in [4.78, 5) is 39.8. The average Bonchev–Trinajstić information content (AvgIpc) is 3.17. The molecule has 0 saturated heterocycles. The Kier molecular flexibility index (Phi) is 6.07. The quantitative estimate of drug-likeness (QED) is 0.503. The van der Waals surface area contributed by atoms with Gasteiger partial charge in [-0.15, -0.1) is 11.8 Å². The molecule has 7 nitrogen and oxygen atoms in total. The van der Waals surface area contributed by atoms with Gasteiger partial charge in [-0.2, -0.15) is 13.2 Å². The van der Waals surface area contributed by atoms with Crippen LogP contribution in [0.15, 0.2) is 64.7 Å². The van der Waals surface area contributed by atoms with Gasteiger partial charge >= 0.3 is 18.2 Å². The molecule has 11 heteroatoms. The molecule has 1 atom stereocenters. The van der Waals surface area contributed by atoms with E-state index in [2.05, 4.69) is 10.6 Å². The van der Waals surface area contributed by atoms with Crippen molar-refractivity contribution in [2.24, 2.45) is 0 Å². The van der Waals surface area contributed by atoms with E-state index in [1.807, 2.05) is 18.4 Å². The largest absolute Gasteiger partial charge is 0.456 e. The summed E-state index contributed by atoms with van der Waals surface area (Å²) < 4.78 is 44.7. The number of alkyl halides is 3. The third-order valence-electron chi connectivity index (χ3n) is 5.26. The van der Waals surface area contributed by atoms with E-state index in [0.29, 0.717) is 5.56 Å². The molecule has 4 rings (SSSR count). The maximum Gasteiger partial charge on any atom is 0.418 e. The van der Waals surface area contributed by atoms with Gasteiger partial charge in [0, 0.05) is 4.90 Å². The number of hydrogen-bond donors (Lipinski definition) is 2. The number of carbonyl (C=O) groups excluding carboxylic acids is 3. The first-order valence-electron chi connectivity index (χ1n) is 9.77. The zero-order chi connectivity index (χ0) is 23.8. The number of thioether (sulfide) groups is 1. The number of carbonyl (C=O) groups is 3. The Labute approximate surface area is 191 Å². The topological polar surface area (TPSA) is 87.7 Å². The minimum atomic E-state index is -4.66. The molecular formula is C22H18F3N3O4S. The fourth-order valence-corrected chi connectivity index (χ4v) is 4.11. The maximum absolute atomic E-state index is 13.2. The molecule has 2 aromatic rings. The number of esters is 1. The molecular weight excluding hydrogens is 459 g/mol. The number of hydrogen-bond acceptors (Lipinski definition) is 5. The molecule has 2 heterocycles. The molecule has 0 aliphatic carbocycles. The van der Waals surface area contributed by atoms with Crippen molar-refractivity contribution in [3.05, 3.63) is 70.9 Å². The molecule has 2 aliphatic rings. The van der Waals surface area contributed by atoms with Crippen LogP contribution in [0.5, 0.6) is 0 Å². The molecule has 33 heavy (non-hydrogen) atoms. The number of ether oxygens (including phenoxy) is 1. The maximum atomic E-state index is 13.2. The van der Waals surface area contributed by atoms with Crippen LogP contribution in [0.1, 0.15) is 17.2 Å². The molecule has 0 radical (unpaired) electrons. The number of benzene rings is 2. The van der Waals surface area contributed by atoms with Crippen molar-refractivity contribution in [3.8, 4) is 0 Å². The number of nitrogens with one attached hydrogen (secondary N) is 2. The number of nitrogens with zero attached hydrogens (tertiary/aromatic N) is 1. The second-order valence-electron chi connectivity index (χ2n) is 7.27. The Bertz CT molecular complexity index is 1150. The Balaban J connectivity index is 1.58. The summed E-state index contributed by atoms with van der Waals surface area (Å²) in [6, 6.07) is 10.4. The van der Waals surface area contributed by atoms with Gasteiger partial charge in [-0.25, -0.2) is 9.59 Å². The Morgan fingerprint density at radius 3 is 2.55 bits per heavy atom. The fraction of sp³-hybridized carbons (Fsp3) is 0.227. The van der Waals surface area contributed by atoms with Crippen LogP contribution in [-0.2, 0) is 20.5 Å². The van der Waals surface area contributed by atoms with Crippen molar-refractivity contribution in [2.45, 2.75) is 17.1 Å². The highest BCUT2D eigenvalue weighted by Gasteiger charge is 2.43. The van der Waals surface area contributed by atoms with Crippen molar-refractivity contribution in [1.29, 1.82) is 0 Å². The van der Waals surface area contributed by atoms with Gasteiger partial charge in [-0.05, 0) is 36.1 Å². The van der Waals surface area contributed by atoms with Gasteiger partial charge < -0.3 is 15.4 Å². The summed E-state index contributed by atoms with van der Waals surface area (Å²) >= 11 is 1.54. The molecule has 172 valence electrons. The van der Waals surface area contributed by atoms with Crippen LogP contribution in [0.2, 0.25) is 0 Å². The monoisotopic (exact) mass is 477 g/mol. The van der Waals surface area contributed by atoms with E-state index in [-0.39, 0.29) is 17.9 Å². The number of urea groups is 1. The lowest BCUT2D eigenvalue weighted by atomic mass is 9.96. The third kappa shape index (κ3) is 4.54. The van der Waals surface area contributed by atoms with Crippen molar-refractivity contribution >= 4 is 35.4 Å². The first-order valence-corrected chi connectivity index (χ1v) is 11.0. The van der Waals surface area contributed by atoms with Crippen LogP contribution in [0.4, 0.5) is 23.7 Å². The highest BCUT2D eigenvalue weighted by molar-refractivity contribution is 7.98. The van der Waals surface area contributed by atoms with Gasteiger partial charge in [0.15, 0.2) is 0 Å². The van der Waals surface area contributed by atoms with E-state index >= 15 is 0 Å². The zero-order valence-corrected chi connectivity index (χ0v) is 18.0. The van der Waals surface area contributed by atoms with Crippen molar-refractivity contribution in [1.82, 2.24) is 10.2 Å². The minimum absolute atomic E-state index is 0.190. The van der Waals surface area contributed by atoms with Crippen molar-refractivity contribution in [3.63, 3.8) is 0 Å². The summed E-state index contributed by atoms with van der Waals surface area (Å²) in [5, 5.41) is 4.89. The number of rotatable bonds is 5. The molecule has 3 amide bonds. The lowest BCUT2D eigenvalue weighted by Gasteiger charge is -2.32. The van der Waals surface area contributed by atoms with Gasteiger partial charge in [0.25, 0.3) is 0 Å². The standard InChI is InChI=1S/C22H18F3N3O4S/c1-33-13-8-6-12(7-9-13)19-18-16(11-32-20(18)30)28(21(31)27-19)10-17(29)26-15-5-3-2-4-14(15)22(23,24)25/h2-9,19H,10-11H2,1H3,(H,26,29)(H,27,31). The van der Waals surface area contributed by atoms with Crippen LogP contribution < -0.4 is 10.6 Å². The molecule has 2 aliphatic heterocycles. The van der Waals surface area contributed by atoms with E-state index in [4.69, 9.17) is 4.74 Å². The Morgan fingerprint density at radius 1 is 1.18 bits per heavy atom. The molecule has 0 spiro atoms. The van der Waals surface area contributed by atoms with Crippen LogP contribution in [-0.4, -0.2) is 42.2 Å². The van der Waals surface area contributed by atoms with Gasteiger partial charge in [0.2, 0.25) is 5.91 Å². The fourth-order valence-electron chi connectivity index (χ4n) is 3.70. The molecule has 0 saturated carbocycles. The first-order chi connectivity index (χ1) is 15.7. The number of amides is 3.